The Kier molecular flexibility index (Phi) is 3.31. The highest BCUT2D eigenvalue weighted by Crippen LogP contribution is 2.25. The summed E-state index contributed by atoms with van der Waals surface area (Å²) in [6.45, 7) is 0. The predicted molar refractivity (Wildman–Crippen MR) is 82.7 cm³/mol. The second kappa shape index (κ2) is 5.29. The molecule has 22 heavy (non-hydrogen) atoms. The molecule has 1 amide bonds. The molecule has 0 radical (unpaired) electrons. The van der Waals surface area contributed by atoms with Crippen LogP contribution < -0.4 is 5.73 Å². The molecule has 0 atom stereocenters. The van der Waals surface area contributed by atoms with Crippen LogP contribution in [0.3, 0.4) is 0 Å². The van der Waals surface area contributed by atoms with Gasteiger partial charge in [0.15, 0.2) is 0 Å². The number of para-hydroxylation sites is 1. The molecule has 3 N–H and O–H groups in total. The Balaban J connectivity index is 2.18. The quantitative estimate of drug-likeness (QED) is 0.776. The third kappa shape index (κ3) is 2.40. The Morgan fingerprint density at radius 3 is 2.32 bits per heavy atom. The highest BCUT2D eigenvalue weighted by Gasteiger charge is 2.12. The molecule has 0 unspecified atom stereocenters. The van der Waals surface area contributed by atoms with Crippen LogP contribution in [-0.2, 0) is 0 Å². The summed E-state index contributed by atoms with van der Waals surface area (Å²) in [5.41, 5.74) is 7.66. The average Bonchev–Trinajstić information content (AvgIpc) is 2.53. The van der Waals surface area contributed by atoms with Crippen molar-refractivity contribution in [2.75, 3.05) is 0 Å². The van der Waals surface area contributed by atoms with E-state index in [2.05, 4.69) is 4.98 Å². The highest BCUT2D eigenvalue weighted by atomic mass is 16.4. The fourth-order valence-electron chi connectivity index (χ4n) is 2.31. The van der Waals surface area contributed by atoms with Crippen molar-refractivity contribution >= 4 is 22.8 Å². The number of hydrogen-bond donors (Lipinski definition) is 2. The van der Waals surface area contributed by atoms with Crippen molar-refractivity contribution in [1.82, 2.24) is 4.98 Å². The maximum absolute atomic E-state index is 11.5. The van der Waals surface area contributed by atoms with E-state index in [1.807, 2.05) is 0 Å². The van der Waals surface area contributed by atoms with E-state index in [-0.39, 0.29) is 5.56 Å². The van der Waals surface area contributed by atoms with E-state index in [0.717, 1.165) is 5.56 Å². The summed E-state index contributed by atoms with van der Waals surface area (Å²) in [6.07, 6.45) is 0. The van der Waals surface area contributed by atoms with Crippen LogP contribution in [0.5, 0.6) is 0 Å². The molecule has 0 saturated carbocycles. The Hall–Kier alpha value is -3.21. The first-order chi connectivity index (χ1) is 10.6. The van der Waals surface area contributed by atoms with Crippen molar-refractivity contribution in [1.29, 1.82) is 0 Å². The molecular formula is C17H12N2O3. The van der Waals surface area contributed by atoms with Gasteiger partial charge in [-0.3, -0.25) is 4.79 Å². The third-order valence-electron chi connectivity index (χ3n) is 3.41. The molecule has 0 bridgehead atoms. The van der Waals surface area contributed by atoms with Gasteiger partial charge in [-0.1, -0.05) is 30.3 Å². The van der Waals surface area contributed by atoms with Gasteiger partial charge in [-0.15, -0.1) is 0 Å². The summed E-state index contributed by atoms with van der Waals surface area (Å²) in [5.74, 6) is -1.52. The van der Waals surface area contributed by atoms with E-state index in [1.54, 1.807) is 48.5 Å². The number of primary amides is 1. The Morgan fingerprint density at radius 2 is 1.68 bits per heavy atom. The van der Waals surface area contributed by atoms with E-state index in [9.17, 15) is 14.7 Å². The normalized spacial score (nSPS) is 10.5. The zero-order valence-electron chi connectivity index (χ0n) is 11.5. The topological polar surface area (TPSA) is 93.3 Å². The molecule has 2 aromatic carbocycles. The number of carboxylic acids is 1. The SMILES string of the molecule is NC(=O)c1ccc(-c2cc(C(=O)O)c3ccccc3n2)cc1. The number of carboxylic acid groups (broad SMARTS) is 1. The second-order valence-electron chi connectivity index (χ2n) is 4.82. The lowest BCUT2D eigenvalue weighted by molar-refractivity contribution is 0.0698. The van der Waals surface area contributed by atoms with Gasteiger partial charge in [0.05, 0.1) is 16.8 Å². The van der Waals surface area contributed by atoms with Gasteiger partial charge in [0.1, 0.15) is 0 Å². The van der Waals surface area contributed by atoms with Crippen molar-refractivity contribution in [3.63, 3.8) is 0 Å². The summed E-state index contributed by atoms with van der Waals surface area (Å²) in [6, 6.07) is 15.2. The van der Waals surface area contributed by atoms with Crippen molar-refractivity contribution in [3.05, 3.63) is 65.7 Å². The first-order valence-electron chi connectivity index (χ1n) is 6.59. The maximum Gasteiger partial charge on any atom is 0.336 e. The van der Waals surface area contributed by atoms with Crippen molar-refractivity contribution < 1.29 is 14.7 Å². The highest BCUT2D eigenvalue weighted by molar-refractivity contribution is 6.03. The molecule has 0 fully saturated rings. The van der Waals surface area contributed by atoms with Crippen LogP contribution in [0, 0.1) is 0 Å². The standard InChI is InChI=1S/C17H12N2O3/c18-16(20)11-7-5-10(6-8-11)15-9-13(17(21)22)12-3-1-2-4-14(12)19-15/h1-9H,(H2,18,20)(H,21,22). The predicted octanol–water partition coefficient (Wildman–Crippen LogP) is 2.70. The summed E-state index contributed by atoms with van der Waals surface area (Å²) in [7, 11) is 0. The minimum Gasteiger partial charge on any atom is -0.478 e. The van der Waals surface area contributed by atoms with Crippen molar-refractivity contribution in [2.45, 2.75) is 0 Å². The number of pyridine rings is 1. The summed E-state index contributed by atoms with van der Waals surface area (Å²) in [4.78, 5) is 27.0. The van der Waals surface area contributed by atoms with Gasteiger partial charge >= 0.3 is 5.97 Å². The fourth-order valence-corrected chi connectivity index (χ4v) is 2.31. The van der Waals surface area contributed by atoms with Crippen molar-refractivity contribution in [2.24, 2.45) is 5.73 Å². The maximum atomic E-state index is 11.5. The number of hydrogen-bond acceptors (Lipinski definition) is 3. The van der Waals surface area contributed by atoms with Gasteiger partial charge in [-0.25, -0.2) is 9.78 Å². The number of carbonyl (C=O) groups is 2. The number of rotatable bonds is 3. The smallest absolute Gasteiger partial charge is 0.336 e. The molecule has 0 aliphatic rings. The van der Waals surface area contributed by atoms with E-state index in [4.69, 9.17) is 5.73 Å². The second-order valence-corrected chi connectivity index (χ2v) is 4.82. The number of amides is 1. The number of nitrogens with two attached hydrogens (primary N) is 1. The van der Waals surface area contributed by atoms with Crippen LogP contribution in [-0.4, -0.2) is 22.0 Å². The van der Waals surface area contributed by atoms with Crippen LogP contribution in [0.4, 0.5) is 0 Å². The Morgan fingerprint density at radius 1 is 1.00 bits per heavy atom. The molecule has 0 saturated heterocycles. The molecular weight excluding hydrogens is 280 g/mol. The van der Waals surface area contributed by atoms with Gasteiger partial charge in [-0.2, -0.15) is 0 Å². The molecule has 108 valence electrons. The summed E-state index contributed by atoms with van der Waals surface area (Å²) >= 11 is 0. The molecule has 0 aliphatic heterocycles. The van der Waals surface area contributed by atoms with Crippen LogP contribution >= 0.6 is 0 Å². The zero-order valence-corrected chi connectivity index (χ0v) is 11.5. The fraction of sp³-hybridized carbons (Fsp3) is 0. The van der Waals surface area contributed by atoms with E-state index in [1.165, 1.54) is 6.07 Å². The van der Waals surface area contributed by atoms with E-state index >= 15 is 0 Å². The lowest BCUT2D eigenvalue weighted by Crippen LogP contribution is -2.10. The molecule has 1 heterocycles. The van der Waals surface area contributed by atoms with Gasteiger partial charge in [0, 0.05) is 16.5 Å². The number of nitrogens with zero attached hydrogens (tertiary/aromatic N) is 1. The van der Waals surface area contributed by atoms with Crippen LogP contribution in [0.25, 0.3) is 22.2 Å². The first-order valence-corrected chi connectivity index (χ1v) is 6.59. The van der Waals surface area contributed by atoms with Gasteiger partial charge < -0.3 is 10.8 Å². The number of carbonyl (C=O) groups excluding carboxylic acids is 1. The van der Waals surface area contributed by atoms with Crippen LogP contribution in [0.1, 0.15) is 20.7 Å². The minimum absolute atomic E-state index is 0.194. The molecule has 0 spiro atoms. The monoisotopic (exact) mass is 292 g/mol. The number of aromatic nitrogens is 1. The number of benzene rings is 2. The lowest BCUT2D eigenvalue weighted by Gasteiger charge is -2.07. The first kappa shape index (κ1) is 13.8. The molecule has 3 aromatic rings. The van der Waals surface area contributed by atoms with Gasteiger partial charge in [0.25, 0.3) is 0 Å². The third-order valence-corrected chi connectivity index (χ3v) is 3.41. The molecule has 0 aliphatic carbocycles. The number of fused-ring (bicyclic) bond motifs is 1. The van der Waals surface area contributed by atoms with Crippen LogP contribution in [0.15, 0.2) is 54.6 Å². The van der Waals surface area contributed by atoms with E-state index in [0.29, 0.717) is 22.2 Å². The molecule has 5 heteroatoms. The van der Waals surface area contributed by atoms with Gasteiger partial charge in [0.2, 0.25) is 5.91 Å². The Bertz CT molecular complexity index is 886. The van der Waals surface area contributed by atoms with Crippen molar-refractivity contribution in [3.8, 4) is 11.3 Å². The molecule has 3 rings (SSSR count). The summed E-state index contributed by atoms with van der Waals surface area (Å²) in [5, 5.41) is 9.97. The minimum atomic E-state index is -1.01. The average molecular weight is 292 g/mol. The van der Waals surface area contributed by atoms with Crippen LogP contribution in [0.2, 0.25) is 0 Å². The largest absolute Gasteiger partial charge is 0.478 e. The lowest BCUT2D eigenvalue weighted by atomic mass is 10.0. The zero-order chi connectivity index (χ0) is 15.7. The Labute approximate surface area is 126 Å². The summed E-state index contributed by atoms with van der Waals surface area (Å²) < 4.78 is 0. The van der Waals surface area contributed by atoms with Gasteiger partial charge in [-0.05, 0) is 24.3 Å². The molecule has 1 aromatic heterocycles. The number of aromatic carboxylic acids is 1. The molecule has 5 nitrogen and oxygen atoms in total. The van der Waals surface area contributed by atoms with E-state index < -0.39 is 11.9 Å².